The number of carboxylic acids is 1. The van der Waals surface area contributed by atoms with Crippen LogP contribution in [-0.4, -0.2) is 37.1 Å². The van der Waals surface area contributed by atoms with Gasteiger partial charge in [-0.1, -0.05) is 17.7 Å². The molecule has 0 aliphatic rings. The van der Waals surface area contributed by atoms with Gasteiger partial charge in [-0.3, -0.25) is 9.59 Å². The number of benzene rings is 1. The number of carboxylic acid groups (broad SMARTS) is 1. The van der Waals surface area contributed by atoms with Crippen molar-refractivity contribution in [2.75, 3.05) is 25.0 Å². The third-order valence-corrected chi connectivity index (χ3v) is 3.11. The van der Waals surface area contributed by atoms with Crippen LogP contribution in [0.3, 0.4) is 0 Å². The number of anilines is 1. The zero-order valence-electron chi connectivity index (χ0n) is 12.1. The first-order valence-electron chi connectivity index (χ1n) is 6.77. The lowest BCUT2D eigenvalue weighted by molar-refractivity contribution is -0.136. The van der Waals surface area contributed by atoms with Crippen molar-refractivity contribution in [2.45, 2.75) is 26.2 Å². The molecule has 0 bridgehead atoms. The van der Waals surface area contributed by atoms with E-state index in [2.05, 4.69) is 5.32 Å². The van der Waals surface area contributed by atoms with E-state index in [9.17, 15) is 9.59 Å². The molecule has 0 aromatic heterocycles. The summed E-state index contributed by atoms with van der Waals surface area (Å²) >= 11 is 0. The zero-order chi connectivity index (χ0) is 15.0. The molecule has 0 atom stereocenters. The highest BCUT2D eigenvalue weighted by Crippen LogP contribution is 2.16. The Kier molecular flexibility index (Phi) is 6.56. The molecular formula is C15H22N2O3. The molecule has 0 saturated carbocycles. The summed E-state index contributed by atoms with van der Waals surface area (Å²) in [6.07, 6.45) is 1.24. The number of carbonyl (C=O) groups excluding carboxylic acids is 1. The molecule has 1 amide bonds. The fourth-order valence-corrected chi connectivity index (χ4v) is 1.91. The van der Waals surface area contributed by atoms with Crippen LogP contribution in [-0.2, 0) is 9.59 Å². The van der Waals surface area contributed by atoms with E-state index in [1.54, 1.807) is 7.05 Å². The van der Waals surface area contributed by atoms with Gasteiger partial charge in [0.1, 0.15) is 0 Å². The van der Waals surface area contributed by atoms with Crippen LogP contribution >= 0.6 is 0 Å². The minimum Gasteiger partial charge on any atom is -0.481 e. The molecule has 0 aliphatic carbocycles. The fourth-order valence-electron chi connectivity index (χ4n) is 1.91. The van der Waals surface area contributed by atoms with Crippen LogP contribution < -0.4 is 10.2 Å². The van der Waals surface area contributed by atoms with Crippen LogP contribution in [0, 0.1) is 6.92 Å². The van der Waals surface area contributed by atoms with Gasteiger partial charge in [0, 0.05) is 32.2 Å². The number of nitrogens with zero attached hydrogens (tertiary/aromatic N) is 1. The fraction of sp³-hybridized carbons (Fsp3) is 0.467. The average molecular weight is 278 g/mol. The summed E-state index contributed by atoms with van der Waals surface area (Å²) in [5, 5.41) is 11.4. The monoisotopic (exact) mass is 278 g/mol. The van der Waals surface area contributed by atoms with Gasteiger partial charge in [0.25, 0.3) is 0 Å². The Balaban J connectivity index is 2.62. The Labute approximate surface area is 119 Å². The molecule has 0 heterocycles. The third-order valence-electron chi connectivity index (χ3n) is 3.11. The molecule has 0 unspecified atom stereocenters. The molecule has 1 aromatic rings. The molecular weight excluding hydrogens is 256 g/mol. The number of rotatable bonds is 8. The molecule has 0 aliphatic heterocycles. The number of nitrogens with one attached hydrogen (secondary N) is 1. The first-order chi connectivity index (χ1) is 9.52. The van der Waals surface area contributed by atoms with Crippen molar-refractivity contribution in [3.05, 3.63) is 29.8 Å². The van der Waals surface area contributed by atoms with E-state index in [0.717, 1.165) is 11.3 Å². The van der Waals surface area contributed by atoms with Crippen LogP contribution in [0.5, 0.6) is 0 Å². The van der Waals surface area contributed by atoms with Gasteiger partial charge in [-0.15, -0.1) is 0 Å². The van der Waals surface area contributed by atoms with Crippen molar-refractivity contribution in [1.29, 1.82) is 0 Å². The number of aliphatic carboxylic acids is 1. The van der Waals surface area contributed by atoms with Gasteiger partial charge in [0.2, 0.25) is 5.91 Å². The second kappa shape index (κ2) is 8.19. The molecule has 0 spiro atoms. The Morgan fingerprint density at radius 3 is 2.35 bits per heavy atom. The van der Waals surface area contributed by atoms with Crippen LogP contribution in [0.1, 0.15) is 24.8 Å². The topological polar surface area (TPSA) is 69.6 Å². The molecule has 0 saturated heterocycles. The summed E-state index contributed by atoms with van der Waals surface area (Å²) in [4.78, 5) is 24.0. The second-order valence-electron chi connectivity index (χ2n) is 4.74. The molecule has 0 fully saturated rings. The SMILES string of the molecule is CNC(=O)CCCN(CCC(=O)O)c1ccc(C)cc1. The summed E-state index contributed by atoms with van der Waals surface area (Å²) in [5.74, 6) is -0.805. The maximum Gasteiger partial charge on any atom is 0.305 e. The van der Waals surface area contributed by atoms with Gasteiger partial charge >= 0.3 is 5.97 Å². The standard InChI is InChI=1S/C15H22N2O3/c1-12-5-7-13(8-6-12)17(11-9-15(19)20)10-3-4-14(18)16-2/h5-8H,3-4,9-11H2,1-2H3,(H,16,18)(H,19,20). The maximum atomic E-state index is 11.2. The first-order valence-corrected chi connectivity index (χ1v) is 6.77. The van der Waals surface area contributed by atoms with E-state index in [-0.39, 0.29) is 12.3 Å². The molecule has 1 rings (SSSR count). The van der Waals surface area contributed by atoms with Crippen molar-refractivity contribution < 1.29 is 14.7 Å². The van der Waals surface area contributed by atoms with Crippen molar-refractivity contribution >= 4 is 17.6 Å². The summed E-state index contributed by atoms with van der Waals surface area (Å²) in [6.45, 7) is 3.13. The highest BCUT2D eigenvalue weighted by atomic mass is 16.4. The van der Waals surface area contributed by atoms with E-state index < -0.39 is 5.97 Å². The maximum absolute atomic E-state index is 11.2. The number of amides is 1. The number of carbonyl (C=O) groups is 2. The van der Waals surface area contributed by atoms with Gasteiger partial charge in [0.15, 0.2) is 0 Å². The number of hydrogen-bond donors (Lipinski definition) is 2. The number of aryl methyl sites for hydroxylation is 1. The minimum atomic E-state index is -0.812. The Hall–Kier alpha value is -2.04. The lowest BCUT2D eigenvalue weighted by atomic mass is 10.2. The molecule has 5 heteroatoms. The van der Waals surface area contributed by atoms with E-state index in [4.69, 9.17) is 5.11 Å². The normalized spacial score (nSPS) is 10.1. The van der Waals surface area contributed by atoms with Crippen molar-refractivity contribution in [2.24, 2.45) is 0 Å². The van der Waals surface area contributed by atoms with Gasteiger partial charge in [-0.25, -0.2) is 0 Å². The average Bonchev–Trinajstić information content (AvgIpc) is 2.43. The van der Waals surface area contributed by atoms with Crippen LogP contribution in [0.15, 0.2) is 24.3 Å². The summed E-state index contributed by atoms with van der Waals surface area (Å²) in [5.41, 5.74) is 2.16. The molecule has 110 valence electrons. The summed E-state index contributed by atoms with van der Waals surface area (Å²) in [7, 11) is 1.62. The van der Waals surface area contributed by atoms with E-state index in [0.29, 0.717) is 25.9 Å². The van der Waals surface area contributed by atoms with E-state index in [1.807, 2.05) is 36.1 Å². The molecule has 2 N–H and O–H groups in total. The number of hydrogen-bond acceptors (Lipinski definition) is 3. The Bertz CT molecular complexity index is 443. The lowest BCUT2D eigenvalue weighted by Crippen LogP contribution is -2.28. The predicted octanol–water partition coefficient (Wildman–Crippen LogP) is 1.80. The predicted molar refractivity (Wildman–Crippen MR) is 78.9 cm³/mol. The molecule has 20 heavy (non-hydrogen) atoms. The van der Waals surface area contributed by atoms with Gasteiger partial charge in [-0.2, -0.15) is 0 Å². The molecule has 0 radical (unpaired) electrons. The molecule has 5 nitrogen and oxygen atoms in total. The summed E-state index contributed by atoms with van der Waals surface area (Å²) in [6, 6.07) is 7.97. The highest BCUT2D eigenvalue weighted by Gasteiger charge is 2.09. The smallest absolute Gasteiger partial charge is 0.305 e. The molecule has 1 aromatic carbocycles. The Morgan fingerprint density at radius 1 is 1.15 bits per heavy atom. The van der Waals surface area contributed by atoms with Crippen LogP contribution in [0.4, 0.5) is 5.69 Å². The van der Waals surface area contributed by atoms with Crippen molar-refractivity contribution in [1.82, 2.24) is 5.32 Å². The Morgan fingerprint density at radius 2 is 1.80 bits per heavy atom. The van der Waals surface area contributed by atoms with Gasteiger partial charge < -0.3 is 15.3 Å². The van der Waals surface area contributed by atoms with Gasteiger partial charge in [-0.05, 0) is 25.5 Å². The van der Waals surface area contributed by atoms with E-state index >= 15 is 0 Å². The van der Waals surface area contributed by atoms with Crippen LogP contribution in [0.25, 0.3) is 0 Å². The minimum absolute atomic E-state index is 0.00657. The highest BCUT2D eigenvalue weighted by molar-refractivity contribution is 5.75. The first kappa shape index (κ1) is 16.0. The van der Waals surface area contributed by atoms with Crippen LogP contribution in [0.2, 0.25) is 0 Å². The van der Waals surface area contributed by atoms with Gasteiger partial charge in [0.05, 0.1) is 6.42 Å². The van der Waals surface area contributed by atoms with Crippen molar-refractivity contribution in [3.63, 3.8) is 0 Å². The summed E-state index contributed by atoms with van der Waals surface area (Å²) < 4.78 is 0. The second-order valence-corrected chi connectivity index (χ2v) is 4.74. The zero-order valence-corrected chi connectivity index (χ0v) is 12.1. The van der Waals surface area contributed by atoms with E-state index in [1.165, 1.54) is 0 Å². The quantitative estimate of drug-likeness (QED) is 0.761. The third kappa shape index (κ3) is 5.73. The van der Waals surface area contributed by atoms with Crippen molar-refractivity contribution in [3.8, 4) is 0 Å². The lowest BCUT2D eigenvalue weighted by Gasteiger charge is -2.24. The largest absolute Gasteiger partial charge is 0.481 e.